The van der Waals surface area contributed by atoms with Crippen LogP contribution < -0.4 is 5.32 Å². The molecule has 0 aliphatic heterocycles. The number of aryl methyl sites for hydroxylation is 1. The smallest absolute Gasteiger partial charge is 0.239 e. The molecule has 16 heavy (non-hydrogen) atoms. The molecule has 0 fully saturated rings. The predicted molar refractivity (Wildman–Crippen MR) is 65.3 cm³/mol. The van der Waals surface area contributed by atoms with E-state index in [4.69, 9.17) is 11.6 Å². The first kappa shape index (κ1) is 12.7. The molecule has 1 rings (SSSR count). The first-order valence-electron chi connectivity index (χ1n) is 4.94. The van der Waals surface area contributed by atoms with E-state index >= 15 is 0 Å². The van der Waals surface area contributed by atoms with Crippen molar-refractivity contribution in [2.24, 2.45) is 0 Å². The van der Waals surface area contributed by atoms with Crippen molar-refractivity contribution in [3.05, 3.63) is 28.8 Å². The molecule has 86 valence electrons. The number of rotatable bonds is 3. The lowest BCUT2D eigenvalue weighted by atomic mass is 10.00. The summed E-state index contributed by atoms with van der Waals surface area (Å²) in [6, 6.07) is 3.58. The van der Waals surface area contributed by atoms with Gasteiger partial charge in [0.05, 0.1) is 0 Å². The van der Waals surface area contributed by atoms with Crippen LogP contribution in [0.25, 0.3) is 0 Å². The molecule has 0 bridgehead atoms. The largest absolute Gasteiger partial charge is 0.325 e. The molecule has 4 heteroatoms. The summed E-state index contributed by atoms with van der Waals surface area (Å²) in [5.74, 6) is -0.379. The zero-order valence-corrected chi connectivity index (χ0v) is 10.3. The number of ketones is 1. The Bertz CT molecular complexity index is 441. The van der Waals surface area contributed by atoms with E-state index in [0.717, 1.165) is 11.1 Å². The van der Waals surface area contributed by atoms with E-state index < -0.39 is 0 Å². The molecule has 1 aromatic rings. The molecular weight excluding hydrogens is 226 g/mol. The highest BCUT2D eigenvalue weighted by atomic mass is 35.5. The number of amides is 1. The van der Waals surface area contributed by atoms with Crippen molar-refractivity contribution in [3.63, 3.8) is 0 Å². The van der Waals surface area contributed by atoms with Crippen LogP contribution in [-0.2, 0) is 4.79 Å². The quantitative estimate of drug-likeness (QED) is 0.651. The molecule has 0 aromatic heterocycles. The van der Waals surface area contributed by atoms with Crippen LogP contribution >= 0.6 is 11.6 Å². The van der Waals surface area contributed by atoms with Gasteiger partial charge in [-0.25, -0.2) is 0 Å². The van der Waals surface area contributed by atoms with Crippen LogP contribution in [0.5, 0.6) is 0 Å². The molecule has 0 heterocycles. The lowest BCUT2D eigenvalue weighted by molar-refractivity contribution is -0.113. The van der Waals surface area contributed by atoms with Gasteiger partial charge in [0.2, 0.25) is 5.91 Å². The van der Waals surface area contributed by atoms with Crippen molar-refractivity contribution in [3.8, 4) is 0 Å². The van der Waals surface area contributed by atoms with Gasteiger partial charge >= 0.3 is 0 Å². The van der Waals surface area contributed by atoms with Gasteiger partial charge in [-0.2, -0.15) is 0 Å². The Morgan fingerprint density at radius 3 is 2.44 bits per heavy atom. The number of Topliss-reactive ketones (excluding diaryl/α,β-unsaturated/α-hetero) is 1. The number of carbonyl (C=O) groups excluding carboxylic acids is 2. The molecule has 0 atom stereocenters. The van der Waals surface area contributed by atoms with Crippen LogP contribution in [0.3, 0.4) is 0 Å². The van der Waals surface area contributed by atoms with E-state index in [9.17, 15) is 9.59 Å². The molecule has 0 aliphatic rings. The zero-order chi connectivity index (χ0) is 12.3. The summed E-state index contributed by atoms with van der Waals surface area (Å²) in [6.07, 6.45) is 0. The van der Waals surface area contributed by atoms with Gasteiger partial charge in [0.15, 0.2) is 5.78 Å². The van der Waals surface area contributed by atoms with Crippen molar-refractivity contribution in [1.82, 2.24) is 0 Å². The molecule has 1 N–H and O–H groups in total. The third-order valence-electron chi connectivity index (χ3n) is 2.44. The molecule has 1 aromatic carbocycles. The fraction of sp³-hybridized carbons (Fsp3) is 0.333. The number of hydrogen-bond donors (Lipinski definition) is 1. The summed E-state index contributed by atoms with van der Waals surface area (Å²) in [5, 5.41) is 2.70. The maximum atomic E-state index is 11.3. The lowest BCUT2D eigenvalue weighted by Gasteiger charge is -2.13. The first-order valence-corrected chi connectivity index (χ1v) is 5.47. The minimum absolute atomic E-state index is 0.0149. The molecule has 1 amide bonds. The SMILES string of the molecule is CC(=O)c1ccc(C)c(NC(=O)CCl)c1C. The van der Waals surface area contributed by atoms with Crippen molar-refractivity contribution in [1.29, 1.82) is 0 Å². The van der Waals surface area contributed by atoms with E-state index in [2.05, 4.69) is 5.32 Å². The maximum absolute atomic E-state index is 11.3. The summed E-state index contributed by atoms with van der Waals surface area (Å²) < 4.78 is 0. The van der Waals surface area contributed by atoms with Gasteiger partial charge in [0.25, 0.3) is 0 Å². The number of hydrogen-bond acceptors (Lipinski definition) is 2. The third-order valence-corrected chi connectivity index (χ3v) is 2.68. The second kappa shape index (κ2) is 5.12. The Morgan fingerprint density at radius 1 is 1.31 bits per heavy atom. The Labute approximate surface area is 99.8 Å². The molecule has 0 aliphatic carbocycles. The molecule has 0 spiro atoms. The number of alkyl halides is 1. The van der Waals surface area contributed by atoms with Crippen molar-refractivity contribution in [2.75, 3.05) is 11.2 Å². The van der Waals surface area contributed by atoms with Crippen LogP contribution in [0.2, 0.25) is 0 Å². The highest BCUT2D eigenvalue weighted by Crippen LogP contribution is 2.24. The number of halogens is 1. The maximum Gasteiger partial charge on any atom is 0.239 e. The molecule has 3 nitrogen and oxygen atoms in total. The Hall–Kier alpha value is -1.35. The van der Waals surface area contributed by atoms with Gasteiger partial charge in [-0.15, -0.1) is 11.6 Å². The van der Waals surface area contributed by atoms with Crippen LogP contribution in [0.4, 0.5) is 5.69 Å². The van der Waals surface area contributed by atoms with Crippen molar-refractivity contribution >= 4 is 29.0 Å². The minimum Gasteiger partial charge on any atom is -0.325 e. The number of anilines is 1. The van der Waals surface area contributed by atoms with Crippen LogP contribution in [0, 0.1) is 13.8 Å². The number of nitrogens with one attached hydrogen (secondary N) is 1. The Kier molecular flexibility index (Phi) is 4.07. The second-order valence-corrected chi connectivity index (χ2v) is 3.94. The summed E-state index contributed by atoms with van der Waals surface area (Å²) >= 11 is 5.43. The molecule has 0 radical (unpaired) electrons. The minimum atomic E-state index is -0.270. The number of carbonyl (C=O) groups is 2. The van der Waals surface area contributed by atoms with E-state index in [-0.39, 0.29) is 17.6 Å². The molecule has 0 saturated carbocycles. The van der Waals surface area contributed by atoms with E-state index in [1.54, 1.807) is 6.07 Å². The van der Waals surface area contributed by atoms with Gasteiger partial charge in [0.1, 0.15) is 5.88 Å². The van der Waals surface area contributed by atoms with Crippen LogP contribution in [0.1, 0.15) is 28.4 Å². The topological polar surface area (TPSA) is 46.2 Å². The molecule has 0 unspecified atom stereocenters. The van der Waals surface area contributed by atoms with Gasteiger partial charge in [-0.1, -0.05) is 12.1 Å². The second-order valence-electron chi connectivity index (χ2n) is 3.67. The van der Waals surface area contributed by atoms with Gasteiger partial charge in [0, 0.05) is 11.3 Å². The number of benzene rings is 1. The van der Waals surface area contributed by atoms with E-state index in [1.165, 1.54) is 6.92 Å². The molecule has 0 saturated heterocycles. The lowest BCUT2D eigenvalue weighted by Crippen LogP contribution is -2.15. The van der Waals surface area contributed by atoms with E-state index in [0.29, 0.717) is 11.3 Å². The van der Waals surface area contributed by atoms with E-state index in [1.807, 2.05) is 19.9 Å². The fourth-order valence-corrected chi connectivity index (χ4v) is 1.66. The highest BCUT2D eigenvalue weighted by molar-refractivity contribution is 6.29. The standard InChI is InChI=1S/C12H14ClNO2/c1-7-4-5-10(9(3)15)8(2)12(7)14-11(16)6-13/h4-5H,6H2,1-3H3,(H,14,16). The monoisotopic (exact) mass is 239 g/mol. The summed E-state index contributed by atoms with van der Waals surface area (Å²) in [6.45, 7) is 5.19. The van der Waals surface area contributed by atoms with Crippen molar-refractivity contribution < 1.29 is 9.59 Å². The average molecular weight is 240 g/mol. The molecular formula is C12H14ClNO2. The summed E-state index contributed by atoms with van der Waals surface area (Å²) in [4.78, 5) is 22.6. The van der Waals surface area contributed by atoms with Crippen LogP contribution in [-0.4, -0.2) is 17.6 Å². The first-order chi connectivity index (χ1) is 7.47. The van der Waals surface area contributed by atoms with Gasteiger partial charge in [-0.3, -0.25) is 9.59 Å². The zero-order valence-electron chi connectivity index (χ0n) is 9.56. The van der Waals surface area contributed by atoms with Gasteiger partial charge in [-0.05, 0) is 31.9 Å². The Balaban J connectivity index is 3.21. The highest BCUT2D eigenvalue weighted by Gasteiger charge is 2.12. The van der Waals surface area contributed by atoms with Crippen molar-refractivity contribution in [2.45, 2.75) is 20.8 Å². The summed E-state index contributed by atoms with van der Waals surface area (Å²) in [7, 11) is 0. The Morgan fingerprint density at radius 2 is 1.94 bits per heavy atom. The van der Waals surface area contributed by atoms with Gasteiger partial charge < -0.3 is 5.32 Å². The summed E-state index contributed by atoms with van der Waals surface area (Å²) in [5.41, 5.74) is 3.00. The fourth-order valence-electron chi connectivity index (χ4n) is 1.59. The normalized spacial score (nSPS) is 10.0. The van der Waals surface area contributed by atoms with Crippen LogP contribution in [0.15, 0.2) is 12.1 Å². The third kappa shape index (κ3) is 2.61. The predicted octanol–water partition coefficient (Wildman–Crippen LogP) is 2.68. The average Bonchev–Trinajstić information content (AvgIpc) is 2.23.